The summed E-state index contributed by atoms with van der Waals surface area (Å²) in [4.78, 5) is 12.6. The van der Waals surface area contributed by atoms with E-state index in [1.165, 1.54) is 6.08 Å². The normalized spacial score (nSPS) is 8.77. The molecule has 0 spiro atoms. The SMILES string of the molecule is C=CC(=O)N(Cl)CCC.CN(C)C. The van der Waals surface area contributed by atoms with Gasteiger partial charge in [-0.25, -0.2) is 0 Å². The Labute approximate surface area is 86.1 Å². The number of halogens is 1. The first-order chi connectivity index (χ1) is 5.95. The largest absolute Gasteiger partial charge is 0.312 e. The van der Waals surface area contributed by atoms with Crippen LogP contribution in [0, 0.1) is 0 Å². The van der Waals surface area contributed by atoms with Crippen molar-refractivity contribution in [1.82, 2.24) is 9.32 Å². The molecule has 0 saturated carbocycles. The number of carbonyl (C=O) groups is 1. The van der Waals surface area contributed by atoms with E-state index < -0.39 is 0 Å². The maximum absolute atomic E-state index is 10.6. The minimum Gasteiger partial charge on any atom is -0.312 e. The minimum atomic E-state index is -0.237. The van der Waals surface area contributed by atoms with Gasteiger partial charge in [-0.3, -0.25) is 9.21 Å². The van der Waals surface area contributed by atoms with Crippen LogP contribution in [0.15, 0.2) is 12.7 Å². The Kier molecular flexibility index (Phi) is 11.0. The number of hydrogen-bond acceptors (Lipinski definition) is 2. The van der Waals surface area contributed by atoms with Crippen molar-refractivity contribution in [3.8, 4) is 0 Å². The molecule has 0 bridgehead atoms. The highest BCUT2D eigenvalue weighted by Crippen LogP contribution is 1.96. The second-order valence-electron chi connectivity index (χ2n) is 2.97. The molecule has 3 nitrogen and oxygen atoms in total. The molecule has 0 unspecified atom stereocenters. The predicted octanol–water partition coefficient (Wildman–Crippen LogP) is 1.74. The molecule has 4 heteroatoms. The van der Waals surface area contributed by atoms with Crippen LogP contribution in [-0.4, -0.2) is 42.9 Å². The summed E-state index contributed by atoms with van der Waals surface area (Å²) in [6, 6.07) is 0. The smallest absolute Gasteiger partial charge is 0.260 e. The van der Waals surface area contributed by atoms with Crippen LogP contribution in [0.3, 0.4) is 0 Å². The van der Waals surface area contributed by atoms with Gasteiger partial charge >= 0.3 is 0 Å². The highest BCUT2D eigenvalue weighted by molar-refractivity contribution is 6.22. The van der Waals surface area contributed by atoms with Crippen molar-refractivity contribution in [3.05, 3.63) is 12.7 Å². The van der Waals surface area contributed by atoms with Gasteiger partial charge in [0, 0.05) is 18.3 Å². The van der Waals surface area contributed by atoms with Gasteiger partial charge in [-0.05, 0) is 33.6 Å². The van der Waals surface area contributed by atoms with Crippen LogP contribution in [0.2, 0.25) is 0 Å². The molecular formula is C9H19ClN2O. The first-order valence-corrected chi connectivity index (χ1v) is 4.50. The topological polar surface area (TPSA) is 23.6 Å². The van der Waals surface area contributed by atoms with E-state index >= 15 is 0 Å². The maximum Gasteiger partial charge on any atom is 0.260 e. The number of nitrogens with zero attached hydrogens (tertiary/aromatic N) is 2. The summed E-state index contributed by atoms with van der Waals surface area (Å²) in [6.07, 6.45) is 2.06. The summed E-state index contributed by atoms with van der Waals surface area (Å²) in [5, 5.41) is 0. The molecule has 78 valence electrons. The molecular weight excluding hydrogens is 188 g/mol. The van der Waals surface area contributed by atoms with Crippen LogP contribution in [0.4, 0.5) is 0 Å². The number of amides is 1. The molecule has 0 aromatic carbocycles. The Morgan fingerprint density at radius 2 is 1.85 bits per heavy atom. The van der Waals surface area contributed by atoms with Gasteiger partial charge in [0.2, 0.25) is 0 Å². The lowest BCUT2D eigenvalue weighted by Gasteiger charge is -2.07. The third-order valence-electron chi connectivity index (χ3n) is 0.834. The molecule has 0 aromatic rings. The average Bonchev–Trinajstić information content (AvgIpc) is 2.02. The van der Waals surface area contributed by atoms with Crippen LogP contribution >= 0.6 is 11.8 Å². The summed E-state index contributed by atoms with van der Waals surface area (Å²) in [5.41, 5.74) is 0. The summed E-state index contributed by atoms with van der Waals surface area (Å²) in [6.45, 7) is 5.81. The number of rotatable bonds is 3. The lowest BCUT2D eigenvalue weighted by Crippen LogP contribution is -2.19. The molecule has 0 atom stereocenters. The zero-order valence-electron chi connectivity index (χ0n) is 8.88. The van der Waals surface area contributed by atoms with Crippen molar-refractivity contribution in [1.29, 1.82) is 0 Å². The Balaban J connectivity index is 0. The first kappa shape index (κ1) is 15.0. The van der Waals surface area contributed by atoms with E-state index in [-0.39, 0.29) is 5.91 Å². The highest BCUT2D eigenvalue weighted by Gasteiger charge is 2.02. The Bertz CT molecular complexity index is 146. The summed E-state index contributed by atoms with van der Waals surface area (Å²) >= 11 is 5.44. The van der Waals surface area contributed by atoms with Gasteiger partial charge in [0.05, 0.1) is 0 Å². The first-order valence-electron chi connectivity index (χ1n) is 4.16. The molecule has 0 aromatic heterocycles. The van der Waals surface area contributed by atoms with E-state index in [4.69, 9.17) is 11.8 Å². The van der Waals surface area contributed by atoms with E-state index in [0.29, 0.717) is 6.54 Å². The van der Waals surface area contributed by atoms with Crippen molar-refractivity contribution in [2.75, 3.05) is 27.7 Å². The standard InChI is InChI=1S/C6H10ClNO.C3H9N/c1-3-5-8(7)6(9)4-2;1-4(2)3/h4H,2-3,5H2,1H3;1-3H3. The van der Waals surface area contributed by atoms with Gasteiger partial charge in [-0.1, -0.05) is 13.5 Å². The molecule has 0 aliphatic heterocycles. The van der Waals surface area contributed by atoms with Crippen LogP contribution < -0.4 is 0 Å². The molecule has 0 heterocycles. The Morgan fingerprint density at radius 1 is 1.46 bits per heavy atom. The number of carbonyl (C=O) groups excluding carboxylic acids is 1. The molecule has 0 radical (unpaired) electrons. The molecule has 0 aliphatic carbocycles. The third kappa shape index (κ3) is 14.3. The second kappa shape index (κ2) is 9.55. The molecule has 1 amide bonds. The fraction of sp³-hybridized carbons (Fsp3) is 0.667. The summed E-state index contributed by atoms with van der Waals surface area (Å²) < 4.78 is 1.12. The van der Waals surface area contributed by atoms with E-state index in [2.05, 4.69) is 6.58 Å². The summed E-state index contributed by atoms with van der Waals surface area (Å²) in [7, 11) is 6.00. The fourth-order valence-electron chi connectivity index (χ4n) is 0.406. The molecule has 0 N–H and O–H groups in total. The van der Waals surface area contributed by atoms with Crippen molar-refractivity contribution < 1.29 is 4.79 Å². The van der Waals surface area contributed by atoms with Crippen LogP contribution in [-0.2, 0) is 4.79 Å². The molecule has 0 rings (SSSR count). The van der Waals surface area contributed by atoms with Crippen LogP contribution in [0.25, 0.3) is 0 Å². The van der Waals surface area contributed by atoms with Crippen molar-refractivity contribution >= 4 is 17.7 Å². The van der Waals surface area contributed by atoms with Crippen molar-refractivity contribution in [3.63, 3.8) is 0 Å². The minimum absolute atomic E-state index is 0.237. The lowest BCUT2D eigenvalue weighted by molar-refractivity contribution is -0.121. The molecule has 0 saturated heterocycles. The Morgan fingerprint density at radius 3 is 2.08 bits per heavy atom. The van der Waals surface area contributed by atoms with Gasteiger partial charge in [-0.2, -0.15) is 0 Å². The zero-order valence-corrected chi connectivity index (χ0v) is 9.64. The average molecular weight is 207 g/mol. The van der Waals surface area contributed by atoms with E-state index in [0.717, 1.165) is 10.8 Å². The van der Waals surface area contributed by atoms with E-state index in [1.807, 2.05) is 33.0 Å². The van der Waals surface area contributed by atoms with Crippen LogP contribution in [0.5, 0.6) is 0 Å². The predicted molar refractivity (Wildman–Crippen MR) is 57.7 cm³/mol. The lowest BCUT2D eigenvalue weighted by atomic mass is 10.4. The summed E-state index contributed by atoms with van der Waals surface area (Å²) in [5.74, 6) is -0.237. The quantitative estimate of drug-likeness (QED) is 0.519. The third-order valence-corrected chi connectivity index (χ3v) is 1.17. The van der Waals surface area contributed by atoms with Gasteiger partial charge < -0.3 is 4.90 Å². The van der Waals surface area contributed by atoms with Gasteiger partial charge in [0.1, 0.15) is 0 Å². The van der Waals surface area contributed by atoms with E-state index in [9.17, 15) is 4.79 Å². The van der Waals surface area contributed by atoms with Gasteiger partial charge in [-0.15, -0.1) is 0 Å². The Hall–Kier alpha value is -0.540. The molecule has 13 heavy (non-hydrogen) atoms. The van der Waals surface area contributed by atoms with Gasteiger partial charge in [0.15, 0.2) is 0 Å². The number of hydrogen-bond donors (Lipinski definition) is 0. The van der Waals surface area contributed by atoms with Gasteiger partial charge in [0.25, 0.3) is 5.91 Å². The zero-order chi connectivity index (χ0) is 10.9. The van der Waals surface area contributed by atoms with Crippen molar-refractivity contribution in [2.24, 2.45) is 0 Å². The van der Waals surface area contributed by atoms with Crippen LogP contribution in [0.1, 0.15) is 13.3 Å². The monoisotopic (exact) mass is 206 g/mol. The second-order valence-corrected chi connectivity index (χ2v) is 3.38. The molecule has 0 aliphatic rings. The maximum atomic E-state index is 10.6. The highest BCUT2D eigenvalue weighted by atomic mass is 35.5. The van der Waals surface area contributed by atoms with Crippen molar-refractivity contribution in [2.45, 2.75) is 13.3 Å². The van der Waals surface area contributed by atoms with E-state index in [1.54, 1.807) is 0 Å². The fourth-order valence-corrected chi connectivity index (χ4v) is 0.644. The molecule has 0 fully saturated rings.